The van der Waals surface area contributed by atoms with Crippen molar-refractivity contribution in [3.05, 3.63) is 11.3 Å². The van der Waals surface area contributed by atoms with Gasteiger partial charge in [0.05, 0.1) is 44.2 Å². The molecule has 0 aromatic carbocycles. The summed E-state index contributed by atoms with van der Waals surface area (Å²) >= 11 is 0. The van der Waals surface area contributed by atoms with Gasteiger partial charge in [-0.05, 0) is 102 Å². The Morgan fingerprint density at radius 1 is 0.842 bits per heavy atom. The van der Waals surface area contributed by atoms with Gasteiger partial charge in [0.2, 0.25) is 0 Å². The van der Waals surface area contributed by atoms with Crippen LogP contribution >= 0.6 is 0 Å². The highest BCUT2D eigenvalue weighted by Gasteiger charge is 2.60. The molecule has 0 aromatic heterocycles. The molecule has 0 radical (unpaired) electrons. The van der Waals surface area contributed by atoms with E-state index in [1.807, 2.05) is 0 Å². The monoisotopic (exact) mass is 532 g/mol. The van der Waals surface area contributed by atoms with E-state index in [9.17, 15) is 9.90 Å². The first kappa shape index (κ1) is 28.4. The standard InChI is InChI=1S/C32H52O6/c1-4-29(20-35-21-29)10-6-8-12-37-27(24(3)28(33)34)31-15-25-14-26(16-31)18-32(17-25,19-31)38-13-9-7-11-30(5-2)22-36-23-30/h25-26H,4-23H2,1-3H3,(H,33,34). The molecule has 4 aliphatic carbocycles. The van der Waals surface area contributed by atoms with E-state index in [0.717, 1.165) is 90.2 Å². The fourth-order valence-electron chi connectivity index (χ4n) is 8.87. The fraction of sp³-hybridized carbons (Fsp3) is 0.906. The molecule has 0 spiro atoms. The molecule has 2 aliphatic heterocycles. The Hall–Kier alpha value is -1.11. The maximum absolute atomic E-state index is 12.2. The van der Waals surface area contributed by atoms with Crippen LogP contribution in [0, 0.1) is 28.1 Å². The zero-order chi connectivity index (χ0) is 26.9. The Morgan fingerprint density at radius 2 is 1.39 bits per heavy atom. The highest BCUT2D eigenvalue weighted by Crippen LogP contribution is 2.65. The van der Waals surface area contributed by atoms with Crippen molar-refractivity contribution in [2.45, 2.75) is 116 Å². The highest BCUT2D eigenvalue weighted by molar-refractivity contribution is 5.86. The molecule has 4 saturated carbocycles. The SMILES string of the molecule is CCC1(CCCCOC(=C(C)C(=O)O)C23CC4CC(CC(OCCCCC5(CC)COC5)(C4)C2)C3)COC1. The lowest BCUT2D eigenvalue weighted by molar-refractivity contribution is -0.193. The third kappa shape index (κ3) is 5.69. The molecular formula is C32H52O6. The third-order valence-corrected chi connectivity index (χ3v) is 11.1. The second-order valence-corrected chi connectivity index (χ2v) is 14.0. The maximum atomic E-state index is 12.2. The third-order valence-electron chi connectivity index (χ3n) is 11.1. The van der Waals surface area contributed by atoms with E-state index < -0.39 is 5.97 Å². The van der Waals surface area contributed by atoms with Crippen molar-refractivity contribution in [2.75, 3.05) is 39.6 Å². The van der Waals surface area contributed by atoms with Gasteiger partial charge in [0, 0.05) is 22.9 Å². The number of hydrogen-bond donors (Lipinski definition) is 1. The van der Waals surface area contributed by atoms with Crippen molar-refractivity contribution in [3.8, 4) is 0 Å². The summed E-state index contributed by atoms with van der Waals surface area (Å²) in [5.74, 6) is 1.18. The lowest BCUT2D eigenvalue weighted by atomic mass is 9.47. The minimum absolute atomic E-state index is 0.1000. The lowest BCUT2D eigenvalue weighted by Gasteiger charge is -2.62. The molecule has 0 aromatic rings. The van der Waals surface area contributed by atoms with Crippen LogP contribution in [0.25, 0.3) is 0 Å². The van der Waals surface area contributed by atoms with Crippen molar-refractivity contribution in [3.63, 3.8) is 0 Å². The Bertz CT molecular complexity index is 844. The minimum atomic E-state index is -0.841. The first-order chi connectivity index (χ1) is 18.3. The van der Waals surface area contributed by atoms with Crippen LogP contribution in [0.15, 0.2) is 11.3 Å². The predicted molar refractivity (Wildman–Crippen MR) is 147 cm³/mol. The Kier molecular flexibility index (Phi) is 8.53. The average molecular weight is 533 g/mol. The average Bonchev–Trinajstić information content (AvgIpc) is 2.82. The molecule has 6 rings (SSSR count). The molecule has 2 heterocycles. The van der Waals surface area contributed by atoms with Gasteiger partial charge in [-0.15, -0.1) is 0 Å². The largest absolute Gasteiger partial charge is 0.497 e. The number of carboxylic acid groups (broad SMARTS) is 1. The van der Waals surface area contributed by atoms with Gasteiger partial charge in [-0.25, -0.2) is 4.79 Å². The topological polar surface area (TPSA) is 74.2 Å². The van der Waals surface area contributed by atoms with E-state index in [2.05, 4.69) is 13.8 Å². The summed E-state index contributed by atoms with van der Waals surface area (Å²) in [6.07, 6.45) is 15.7. The van der Waals surface area contributed by atoms with Gasteiger partial charge in [0.25, 0.3) is 0 Å². The molecule has 1 N–H and O–H groups in total. The summed E-state index contributed by atoms with van der Waals surface area (Å²) < 4.78 is 24.3. The molecule has 6 aliphatic rings. The molecule has 6 heteroatoms. The maximum Gasteiger partial charge on any atom is 0.334 e. The van der Waals surface area contributed by atoms with E-state index in [-0.39, 0.29) is 11.0 Å². The summed E-state index contributed by atoms with van der Waals surface area (Å²) in [6.45, 7) is 11.3. The van der Waals surface area contributed by atoms with Crippen LogP contribution in [-0.4, -0.2) is 56.3 Å². The smallest absolute Gasteiger partial charge is 0.334 e. The Labute approximate surface area is 230 Å². The van der Waals surface area contributed by atoms with Crippen molar-refractivity contribution in [1.82, 2.24) is 0 Å². The van der Waals surface area contributed by atoms with Crippen LogP contribution in [0.3, 0.4) is 0 Å². The molecule has 4 bridgehead atoms. The number of ether oxygens (including phenoxy) is 4. The summed E-state index contributed by atoms with van der Waals surface area (Å²) in [5.41, 5.74) is 0.916. The summed E-state index contributed by atoms with van der Waals surface area (Å²) in [5, 5.41) is 10.0. The van der Waals surface area contributed by atoms with E-state index >= 15 is 0 Å². The first-order valence-corrected chi connectivity index (χ1v) is 15.6. The number of unbranched alkanes of at least 4 members (excludes halogenated alkanes) is 2. The van der Waals surface area contributed by atoms with E-state index in [0.29, 0.717) is 34.8 Å². The number of hydrogen-bond acceptors (Lipinski definition) is 5. The second kappa shape index (κ2) is 11.4. The van der Waals surface area contributed by atoms with Gasteiger partial charge in [-0.2, -0.15) is 0 Å². The lowest BCUT2D eigenvalue weighted by Crippen LogP contribution is -2.58. The number of carboxylic acids is 1. The number of rotatable bonds is 16. The Morgan fingerprint density at radius 3 is 1.87 bits per heavy atom. The van der Waals surface area contributed by atoms with Crippen LogP contribution in [-0.2, 0) is 23.7 Å². The van der Waals surface area contributed by atoms with Gasteiger partial charge in [0.1, 0.15) is 5.76 Å². The van der Waals surface area contributed by atoms with Crippen LogP contribution < -0.4 is 0 Å². The number of aliphatic carboxylic acids is 1. The van der Waals surface area contributed by atoms with Crippen molar-refractivity contribution in [1.29, 1.82) is 0 Å². The van der Waals surface area contributed by atoms with Crippen LogP contribution in [0.2, 0.25) is 0 Å². The molecule has 2 unspecified atom stereocenters. The second-order valence-electron chi connectivity index (χ2n) is 14.0. The molecule has 38 heavy (non-hydrogen) atoms. The molecule has 2 atom stereocenters. The number of allylic oxidation sites excluding steroid dienone is 1. The molecular weight excluding hydrogens is 480 g/mol. The van der Waals surface area contributed by atoms with Crippen LogP contribution in [0.4, 0.5) is 0 Å². The van der Waals surface area contributed by atoms with Gasteiger partial charge in [0.15, 0.2) is 0 Å². The fourth-order valence-corrected chi connectivity index (χ4v) is 8.87. The van der Waals surface area contributed by atoms with Crippen molar-refractivity contribution < 1.29 is 28.8 Å². The zero-order valence-corrected chi connectivity index (χ0v) is 24.3. The van der Waals surface area contributed by atoms with Gasteiger partial charge in [-0.3, -0.25) is 0 Å². The zero-order valence-electron chi connectivity index (χ0n) is 24.3. The van der Waals surface area contributed by atoms with Crippen molar-refractivity contribution in [2.24, 2.45) is 28.1 Å². The van der Waals surface area contributed by atoms with Gasteiger partial charge >= 0.3 is 5.97 Å². The van der Waals surface area contributed by atoms with Gasteiger partial charge in [-0.1, -0.05) is 20.3 Å². The summed E-state index contributed by atoms with van der Waals surface area (Å²) in [4.78, 5) is 12.2. The molecule has 0 amide bonds. The highest BCUT2D eigenvalue weighted by atomic mass is 16.5. The predicted octanol–water partition coefficient (Wildman–Crippen LogP) is 6.91. The quantitative estimate of drug-likeness (QED) is 0.132. The van der Waals surface area contributed by atoms with Crippen molar-refractivity contribution >= 4 is 5.97 Å². The van der Waals surface area contributed by atoms with E-state index in [1.54, 1.807) is 6.92 Å². The Balaban J connectivity index is 1.19. The van der Waals surface area contributed by atoms with Crippen LogP contribution in [0.5, 0.6) is 0 Å². The molecule has 6 fully saturated rings. The summed E-state index contributed by atoms with van der Waals surface area (Å²) in [7, 11) is 0. The number of carbonyl (C=O) groups is 1. The van der Waals surface area contributed by atoms with E-state index in [1.165, 1.54) is 38.5 Å². The molecule has 6 nitrogen and oxygen atoms in total. The normalized spacial score (nSPS) is 34.8. The minimum Gasteiger partial charge on any atom is -0.497 e. The molecule has 2 saturated heterocycles. The van der Waals surface area contributed by atoms with Crippen LogP contribution in [0.1, 0.15) is 111 Å². The molecule has 216 valence electrons. The summed E-state index contributed by atoms with van der Waals surface area (Å²) in [6, 6.07) is 0. The first-order valence-electron chi connectivity index (χ1n) is 15.6. The van der Waals surface area contributed by atoms with Gasteiger partial charge < -0.3 is 24.1 Å². The van der Waals surface area contributed by atoms with E-state index in [4.69, 9.17) is 18.9 Å².